The quantitative estimate of drug-likeness (QED) is 0.494. The van der Waals surface area contributed by atoms with E-state index in [0.29, 0.717) is 17.9 Å². The topological polar surface area (TPSA) is 96.0 Å². The summed E-state index contributed by atoms with van der Waals surface area (Å²) in [5, 5.41) is 3.07. The number of aryl methyl sites for hydroxylation is 1. The maximum absolute atomic E-state index is 13.7. The number of anilines is 1. The van der Waals surface area contributed by atoms with Gasteiger partial charge in [-0.15, -0.1) is 0 Å². The van der Waals surface area contributed by atoms with Crippen LogP contribution in [0.4, 0.5) is 5.69 Å². The van der Waals surface area contributed by atoms with Gasteiger partial charge in [0.1, 0.15) is 18.3 Å². The summed E-state index contributed by atoms with van der Waals surface area (Å²) in [7, 11) is -2.20. The van der Waals surface area contributed by atoms with Gasteiger partial charge in [-0.25, -0.2) is 8.42 Å². The molecule has 0 saturated heterocycles. The smallest absolute Gasteiger partial charge is 0.244 e. The highest BCUT2D eigenvalue weighted by molar-refractivity contribution is 7.92. The Morgan fingerprint density at radius 1 is 1.11 bits per heavy atom. The summed E-state index contributed by atoms with van der Waals surface area (Å²) in [5.74, 6) is -0.0566. The Balaban J connectivity index is 1.91. The number of methoxy groups -OCH3 is 1. The zero-order valence-corrected chi connectivity index (χ0v) is 22.4. The molecule has 196 valence electrons. The van der Waals surface area contributed by atoms with Crippen LogP contribution in [0.1, 0.15) is 50.7 Å². The minimum Gasteiger partial charge on any atom is -0.497 e. The molecule has 9 heteroatoms. The summed E-state index contributed by atoms with van der Waals surface area (Å²) in [4.78, 5) is 28.3. The molecule has 1 aliphatic rings. The lowest BCUT2D eigenvalue weighted by Gasteiger charge is -2.32. The number of benzene rings is 2. The van der Waals surface area contributed by atoms with Crippen LogP contribution >= 0.6 is 0 Å². The van der Waals surface area contributed by atoms with Crippen molar-refractivity contribution in [1.82, 2.24) is 10.2 Å². The molecule has 0 spiro atoms. The van der Waals surface area contributed by atoms with Crippen LogP contribution in [0.2, 0.25) is 0 Å². The number of para-hydroxylation sites is 1. The van der Waals surface area contributed by atoms with Gasteiger partial charge in [-0.05, 0) is 55.5 Å². The second kappa shape index (κ2) is 12.3. The number of amides is 2. The third-order valence-electron chi connectivity index (χ3n) is 6.68. The second-order valence-corrected chi connectivity index (χ2v) is 11.2. The van der Waals surface area contributed by atoms with Gasteiger partial charge in [0.05, 0.1) is 19.1 Å². The average Bonchev–Trinajstić information content (AvgIpc) is 3.37. The SMILES string of the molecule is CCc1ccccc1N(CC(=O)N(Cc1cccc(OC)c1)[C@H](C)C(=O)NC1CCCC1)S(C)(=O)=O. The molecule has 36 heavy (non-hydrogen) atoms. The van der Waals surface area contributed by atoms with E-state index in [4.69, 9.17) is 4.74 Å². The monoisotopic (exact) mass is 515 g/mol. The molecule has 1 fully saturated rings. The molecule has 0 heterocycles. The summed E-state index contributed by atoms with van der Waals surface area (Å²) in [6.07, 6.45) is 5.72. The fourth-order valence-corrected chi connectivity index (χ4v) is 5.47. The second-order valence-electron chi connectivity index (χ2n) is 9.29. The van der Waals surface area contributed by atoms with E-state index in [1.54, 1.807) is 32.2 Å². The highest BCUT2D eigenvalue weighted by atomic mass is 32.2. The molecule has 1 aliphatic carbocycles. The summed E-state index contributed by atoms with van der Waals surface area (Å²) in [6.45, 7) is 3.36. The molecule has 2 aromatic carbocycles. The first-order chi connectivity index (χ1) is 17.1. The predicted octanol–water partition coefficient (Wildman–Crippen LogP) is 3.50. The molecule has 8 nitrogen and oxygen atoms in total. The zero-order valence-electron chi connectivity index (χ0n) is 21.6. The van der Waals surface area contributed by atoms with E-state index in [1.165, 1.54) is 4.90 Å². The van der Waals surface area contributed by atoms with E-state index < -0.39 is 28.5 Å². The maximum Gasteiger partial charge on any atom is 0.244 e. The number of sulfonamides is 1. The molecule has 1 saturated carbocycles. The Morgan fingerprint density at radius 2 is 1.81 bits per heavy atom. The van der Waals surface area contributed by atoms with E-state index in [0.717, 1.165) is 47.4 Å². The van der Waals surface area contributed by atoms with Crippen molar-refractivity contribution in [2.24, 2.45) is 0 Å². The third kappa shape index (κ3) is 7.00. The van der Waals surface area contributed by atoms with Gasteiger partial charge in [0.25, 0.3) is 0 Å². The van der Waals surface area contributed by atoms with Crippen LogP contribution in [0.25, 0.3) is 0 Å². The lowest BCUT2D eigenvalue weighted by atomic mass is 10.1. The summed E-state index contributed by atoms with van der Waals surface area (Å²) in [6, 6.07) is 13.8. The van der Waals surface area contributed by atoms with Crippen molar-refractivity contribution in [3.05, 3.63) is 59.7 Å². The molecule has 2 aromatic rings. The van der Waals surface area contributed by atoms with E-state index >= 15 is 0 Å². The summed E-state index contributed by atoms with van der Waals surface area (Å²) < 4.78 is 32.0. The van der Waals surface area contributed by atoms with Crippen molar-refractivity contribution in [3.8, 4) is 5.75 Å². The van der Waals surface area contributed by atoms with Crippen molar-refractivity contribution in [1.29, 1.82) is 0 Å². The molecule has 0 bridgehead atoms. The molecular formula is C27H37N3O5S. The number of nitrogens with one attached hydrogen (secondary N) is 1. The lowest BCUT2D eigenvalue weighted by molar-refractivity contribution is -0.139. The zero-order chi connectivity index (χ0) is 26.3. The van der Waals surface area contributed by atoms with Gasteiger partial charge in [0.2, 0.25) is 21.8 Å². The molecule has 0 radical (unpaired) electrons. The maximum atomic E-state index is 13.7. The average molecular weight is 516 g/mol. The first-order valence-corrected chi connectivity index (χ1v) is 14.3. The van der Waals surface area contributed by atoms with Gasteiger partial charge >= 0.3 is 0 Å². The number of rotatable bonds is 11. The number of hydrogen-bond acceptors (Lipinski definition) is 5. The van der Waals surface area contributed by atoms with Crippen LogP contribution in [0, 0.1) is 0 Å². The van der Waals surface area contributed by atoms with Crippen molar-refractivity contribution in [2.75, 3.05) is 24.2 Å². The Hall–Kier alpha value is -3.07. The van der Waals surface area contributed by atoms with Gasteiger partial charge in [0.15, 0.2) is 0 Å². The normalized spacial score (nSPS) is 14.8. The number of ether oxygens (including phenoxy) is 1. The third-order valence-corrected chi connectivity index (χ3v) is 7.80. The van der Waals surface area contributed by atoms with Gasteiger partial charge in [-0.1, -0.05) is 50.1 Å². The Morgan fingerprint density at radius 3 is 2.44 bits per heavy atom. The highest BCUT2D eigenvalue weighted by Crippen LogP contribution is 2.25. The van der Waals surface area contributed by atoms with Gasteiger partial charge in [-0.3, -0.25) is 13.9 Å². The lowest BCUT2D eigenvalue weighted by Crippen LogP contribution is -2.52. The number of hydrogen-bond donors (Lipinski definition) is 1. The van der Waals surface area contributed by atoms with Crippen molar-refractivity contribution in [2.45, 2.75) is 64.6 Å². The predicted molar refractivity (Wildman–Crippen MR) is 141 cm³/mol. The van der Waals surface area contributed by atoms with Gasteiger partial charge in [0, 0.05) is 12.6 Å². The van der Waals surface area contributed by atoms with Gasteiger partial charge in [-0.2, -0.15) is 0 Å². The first-order valence-electron chi connectivity index (χ1n) is 12.4. The molecule has 3 rings (SSSR count). The fourth-order valence-electron chi connectivity index (χ4n) is 4.59. The van der Waals surface area contributed by atoms with E-state index in [-0.39, 0.29) is 18.5 Å². The highest BCUT2D eigenvalue weighted by Gasteiger charge is 2.31. The van der Waals surface area contributed by atoms with Gasteiger partial charge < -0.3 is 15.0 Å². The molecule has 0 unspecified atom stereocenters. The standard InChI is InChI=1S/C27H37N3O5S/c1-5-22-12-6-9-16-25(22)30(36(4,33)34)19-26(31)29(18-21-11-10-15-24(17-21)35-3)20(2)27(32)28-23-13-7-8-14-23/h6,9-12,15-17,20,23H,5,7-8,13-14,18-19H2,1-4H3,(H,28,32)/t20-/m1/s1. The van der Waals surface area contributed by atoms with Crippen LogP contribution in [-0.2, 0) is 32.6 Å². The van der Waals surface area contributed by atoms with Crippen molar-refractivity contribution < 1.29 is 22.7 Å². The Bertz CT molecular complexity index is 1160. The number of nitrogens with zero attached hydrogens (tertiary/aromatic N) is 2. The fraction of sp³-hybridized carbons (Fsp3) is 0.481. The number of carbonyl (C=O) groups excluding carboxylic acids is 2. The molecule has 0 aliphatic heterocycles. The van der Waals surface area contributed by atoms with Crippen LogP contribution < -0.4 is 14.4 Å². The molecule has 0 aromatic heterocycles. The Kier molecular flexibility index (Phi) is 9.37. The molecule has 1 atom stereocenters. The van der Waals surface area contributed by atoms with Crippen molar-refractivity contribution in [3.63, 3.8) is 0 Å². The van der Waals surface area contributed by atoms with Crippen LogP contribution in [0.3, 0.4) is 0 Å². The number of carbonyl (C=O) groups is 2. The van der Waals surface area contributed by atoms with Crippen LogP contribution in [0.15, 0.2) is 48.5 Å². The molecule has 2 amide bonds. The largest absolute Gasteiger partial charge is 0.497 e. The molecular weight excluding hydrogens is 478 g/mol. The van der Waals surface area contributed by atoms with E-state index in [1.807, 2.05) is 37.3 Å². The van der Waals surface area contributed by atoms with Crippen LogP contribution in [0.5, 0.6) is 5.75 Å². The summed E-state index contributed by atoms with van der Waals surface area (Å²) >= 11 is 0. The first kappa shape index (κ1) is 27.5. The van der Waals surface area contributed by atoms with Crippen LogP contribution in [-0.4, -0.2) is 57.1 Å². The Labute approximate surface area is 214 Å². The summed E-state index contributed by atoms with van der Waals surface area (Å²) in [5.41, 5.74) is 2.07. The minimum absolute atomic E-state index is 0.109. The van der Waals surface area contributed by atoms with E-state index in [2.05, 4.69) is 5.32 Å². The minimum atomic E-state index is -3.76. The van der Waals surface area contributed by atoms with E-state index in [9.17, 15) is 18.0 Å². The molecule has 1 N–H and O–H groups in total. The van der Waals surface area contributed by atoms with Crippen molar-refractivity contribution >= 4 is 27.5 Å².